The van der Waals surface area contributed by atoms with Gasteiger partial charge in [-0.05, 0) is 12.5 Å². The van der Waals surface area contributed by atoms with Gasteiger partial charge in [-0.25, -0.2) is 12.7 Å². The Labute approximate surface area is 125 Å². The Balaban J connectivity index is 2.19. The van der Waals surface area contributed by atoms with Gasteiger partial charge in [-0.15, -0.1) is 0 Å². The molecule has 0 radical (unpaired) electrons. The van der Waals surface area contributed by atoms with E-state index in [9.17, 15) is 13.5 Å². The molecule has 3 atom stereocenters. The van der Waals surface area contributed by atoms with E-state index in [1.165, 1.54) is 11.4 Å². The standard InChI is InChI=1S/C13H23N3O4S/c1-10(9-20-3)21(18,19)16-6-12(8-17)13(7-16)11-4-14-15(2)5-11/h4-5,10,12-13,17H,6-9H2,1-3H3/t10?,12-,13-/m0/s1. The lowest BCUT2D eigenvalue weighted by Gasteiger charge is -2.21. The molecule has 1 saturated heterocycles. The van der Waals surface area contributed by atoms with E-state index in [0.29, 0.717) is 13.1 Å². The van der Waals surface area contributed by atoms with Gasteiger partial charge >= 0.3 is 0 Å². The molecule has 0 aromatic carbocycles. The van der Waals surface area contributed by atoms with Crippen LogP contribution in [0.25, 0.3) is 0 Å². The molecule has 1 aromatic heterocycles. The minimum absolute atomic E-state index is 0.0202. The summed E-state index contributed by atoms with van der Waals surface area (Å²) < 4.78 is 33.1. The first kappa shape index (κ1) is 16.4. The van der Waals surface area contributed by atoms with E-state index in [2.05, 4.69) is 5.10 Å². The molecule has 21 heavy (non-hydrogen) atoms. The predicted octanol–water partition coefficient (Wildman–Crippen LogP) is -0.207. The number of aryl methyl sites for hydroxylation is 1. The van der Waals surface area contributed by atoms with E-state index in [-0.39, 0.29) is 25.0 Å². The van der Waals surface area contributed by atoms with Crippen molar-refractivity contribution in [3.05, 3.63) is 18.0 Å². The van der Waals surface area contributed by atoms with Crippen LogP contribution in [0.5, 0.6) is 0 Å². The van der Waals surface area contributed by atoms with Gasteiger partial charge in [0.25, 0.3) is 0 Å². The lowest BCUT2D eigenvalue weighted by Crippen LogP contribution is -2.38. The molecule has 0 amide bonds. The predicted molar refractivity (Wildman–Crippen MR) is 78.4 cm³/mol. The Morgan fingerprint density at radius 2 is 2.24 bits per heavy atom. The largest absolute Gasteiger partial charge is 0.396 e. The molecular formula is C13H23N3O4S. The van der Waals surface area contributed by atoms with Crippen molar-refractivity contribution in [2.75, 3.05) is 33.4 Å². The van der Waals surface area contributed by atoms with E-state index in [4.69, 9.17) is 4.74 Å². The lowest BCUT2D eigenvalue weighted by atomic mass is 9.92. The van der Waals surface area contributed by atoms with Crippen LogP contribution < -0.4 is 0 Å². The highest BCUT2D eigenvalue weighted by Gasteiger charge is 2.41. The van der Waals surface area contributed by atoms with Gasteiger partial charge in [-0.3, -0.25) is 4.68 Å². The molecule has 0 spiro atoms. The monoisotopic (exact) mass is 317 g/mol. The van der Waals surface area contributed by atoms with Gasteiger partial charge in [-0.1, -0.05) is 0 Å². The molecule has 1 N–H and O–H groups in total. The highest BCUT2D eigenvalue weighted by atomic mass is 32.2. The quantitative estimate of drug-likeness (QED) is 0.785. The van der Waals surface area contributed by atoms with Crippen molar-refractivity contribution in [2.45, 2.75) is 18.1 Å². The Hall–Kier alpha value is -0.960. The van der Waals surface area contributed by atoms with Crippen molar-refractivity contribution in [3.63, 3.8) is 0 Å². The van der Waals surface area contributed by atoms with E-state index >= 15 is 0 Å². The fourth-order valence-corrected chi connectivity index (χ4v) is 4.39. The minimum Gasteiger partial charge on any atom is -0.396 e. The van der Waals surface area contributed by atoms with E-state index in [0.717, 1.165) is 5.56 Å². The number of rotatable bonds is 6. The number of nitrogens with zero attached hydrogens (tertiary/aromatic N) is 3. The van der Waals surface area contributed by atoms with Crippen LogP contribution in [-0.4, -0.2) is 66.3 Å². The highest BCUT2D eigenvalue weighted by molar-refractivity contribution is 7.89. The summed E-state index contributed by atoms with van der Waals surface area (Å²) in [5.41, 5.74) is 0.966. The molecular weight excluding hydrogens is 294 g/mol. The number of sulfonamides is 1. The van der Waals surface area contributed by atoms with Crippen LogP contribution in [0.1, 0.15) is 18.4 Å². The number of methoxy groups -OCH3 is 1. The zero-order valence-corrected chi connectivity index (χ0v) is 13.5. The average molecular weight is 317 g/mol. The van der Waals surface area contributed by atoms with Gasteiger partial charge < -0.3 is 9.84 Å². The summed E-state index contributed by atoms with van der Waals surface area (Å²) in [6.07, 6.45) is 3.62. The zero-order valence-electron chi connectivity index (χ0n) is 12.6. The molecule has 0 aliphatic carbocycles. The second kappa shape index (κ2) is 6.43. The summed E-state index contributed by atoms with van der Waals surface area (Å²) >= 11 is 0. The number of hydrogen-bond donors (Lipinski definition) is 1. The molecule has 2 rings (SSSR count). The number of hydrogen-bond acceptors (Lipinski definition) is 5. The Bertz CT molecular complexity index is 572. The Morgan fingerprint density at radius 1 is 1.52 bits per heavy atom. The summed E-state index contributed by atoms with van der Waals surface area (Å²) in [5.74, 6) is -0.119. The van der Waals surface area contributed by atoms with Crippen LogP contribution in [0.3, 0.4) is 0 Å². The third-order valence-corrected chi connectivity index (χ3v) is 6.24. The fourth-order valence-electron chi connectivity index (χ4n) is 2.81. The summed E-state index contributed by atoms with van der Waals surface area (Å²) in [6.45, 7) is 2.49. The maximum atomic E-state index is 12.5. The minimum atomic E-state index is -3.41. The molecule has 7 nitrogen and oxygen atoms in total. The van der Waals surface area contributed by atoms with Crippen LogP contribution in [-0.2, 0) is 21.8 Å². The van der Waals surface area contributed by atoms with Gasteiger partial charge in [-0.2, -0.15) is 5.10 Å². The molecule has 1 aliphatic rings. The average Bonchev–Trinajstić information content (AvgIpc) is 3.04. The van der Waals surface area contributed by atoms with Crippen LogP contribution in [0.4, 0.5) is 0 Å². The lowest BCUT2D eigenvalue weighted by molar-refractivity contribution is 0.198. The molecule has 8 heteroatoms. The smallest absolute Gasteiger partial charge is 0.219 e. The number of ether oxygens (including phenoxy) is 1. The van der Waals surface area contributed by atoms with E-state index in [1.54, 1.807) is 17.8 Å². The second-order valence-corrected chi connectivity index (χ2v) is 7.98. The van der Waals surface area contributed by atoms with Crippen LogP contribution in [0.2, 0.25) is 0 Å². The molecule has 0 saturated carbocycles. The Morgan fingerprint density at radius 3 is 2.76 bits per heavy atom. The van der Waals surface area contributed by atoms with E-state index < -0.39 is 15.3 Å². The van der Waals surface area contributed by atoms with Crippen molar-refractivity contribution in [1.82, 2.24) is 14.1 Å². The van der Waals surface area contributed by atoms with Crippen molar-refractivity contribution >= 4 is 10.0 Å². The second-order valence-electron chi connectivity index (χ2n) is 5.62. The van der Waals surface area contributed by atoms with Crippen molar-refractivity contribution in [1.29, 1.82) is 0 Å². The fraction of sp³-hybridized carbons (Fsp3) is 0.769. The van der Waals surface area contributed by atoms with Gasteiger partial charge in [0.1, 0.15) is 0 Å². The molecule has 1 aliphatic heterocycles. The molecule has 1 unspecified atom stereocenters. The maximum absolute atomic E-state index is 12.5. The normalized spacial score (nSPS) is 25.3. The summed E-state index contributed by atoms with van der Waals surface area (Å²) in [4.78, 5) is 0. The molecule has 0 bridgehead atoms. The van der Waals surface area contributed by atoms with E-state index in [1.807, 2.05) is 13.2 Å². The summed E-state index contributed by atoms with van der Waals surface area (Å²) in [7, 11) is -0.0959. The molecule has 120 valence electrons. The SMILES string of the molecule is COCC(C)S(=O)(=O)N1C[C@@H](CO)[C@H](c2cnn(C)c2)C1. The summed E-state index contributed by atoms with van der Waals surface area (Å²) in [6, 6.07) is 0. The molecule has 1 aromatic rings. The number of aliphatic hydroxyl groups excluding tert-OH is 1. The van der Waals surface area contributed by atoms with Crippen LogP contribution in [0.15, 0.2) is 12.4 Å². The maximum Gasteiger partial charge on any atom is 0.219 e. The molecule has 2 heterocycles. The highest BCUT2D eigenvalue weighted by Crippen LogP contribution is 2.34. The van der Waals surface area contributed by atoms with Gasteiger partial charge in [0, 0.05) is 51.9 Å². The van der Waals surface area contributed by atoms with Crippen LogP contribution in [0, 0.1) is 5.92 Å². The topological polar surface area (TPSA) is 84.7 Å². The molecule has 1 fully saturated rings. The zero-order chi connectivity index (χ0) is 15.6. The number of aromatic nitrogens is 2. The van der Waals surface area contributed by atoms with Crippen LogP contribution >= 0.6 is 0 Å². The first-order chi connectivity index (χ1) is 9.90. The van der Waals surface area contributed by atoms with Gasteiger partial charge in [0.15, 0.2) is 0 Å². The van der Waals surface area contributed by atoms with Crippen molar-refractivity contribution in [3.8, 4) is 0 Å². The first-order valence-corrected chi connectivity index (χ1v) is 8.47. The third kappa shape index (κ3) is 3.28. The first-order valence-electron chi connectivity index (χ1n) is 6.97. The van der Waals surface area contributed by atoms with Gasteiger partial charge in [0.05, 0.1) is 18.1 Å². The number of aliphatic hydroxyl groups is 1. The van der Waals surface area contributed by atoms with Gasteiger partial charge in [0.2, 0.25) is 10.0 Å². The summed E-state index contributed by atoms with van der Waals surface area (Å²) in [5, 5.41) is 13.1. The van der Waals surface area contributed by atoms with Crippen molar-refractivity contribution < 1.29 is 18.3 Å². The Kier molecular flexibility index (Phi) is 5.03. The third-order valence-electron chi connectivity index (χ3n) is 4.06. The van der Waals surface area contributed by atoms with Crippen molar-refractivity contribution in [2.24, 2.45) is 13.0 Å².